The van der Waals surface area contributed by atoms with Gasteiger partial charge in [0, 0.05) is 6.20 Å². The Balaban J connectivity index is 2.84. The van der Waals surface area contributed by atoms with Crippen LogP contribution in [0.1, 0.15) is 12.0 Å². The molecule has 0 bridgehead atoms. The summed E-state index contributed by atoms with van der Waals surface area (Å²) in [4.78, 5) is 27.0. The standard InChI is InChI=1S/C8H6N2O3/c11-7(12)3-1-2-6-4-9-5-10-8(6)13/h4-5H,3H2,(H,11,12)(H,9,10,13). The number of nitrogens with one attached hydrogen (secondary N) is 1. The summed E-state index contributed by atoms with van der Waals surface area (Å²) >= 11 is 0. The third-order valence-electron chi connectivity index (χ3n) is 1.18. The molecule has 0 saturated carbocycles. The average molecular weight is 178 g/mol. The maximum absolute atomic E-state index is 10.9. The van der Waals surface area contributed by atoms with E-state index in [-0.39, 0.29) is 17.5 Å². The topological polar surface area (TPSA) is 83.0 Å². The molecule has 5 heteroatoms. The van der Waals surface area contributed by atoms with Crippen LogP contribution in [0.2, 0.25) is 0 Å². The fourth-order valence-corrected chi connectivity index (χ4v) is 0.648. The number of H-pyrrole nitrogens is 1. The van der Waals surface area contributed by atoms with E-state index in [1.807, 2.05) is 0 Å². The number of aliphatic carboxylic acids is 1. The summed E-state index contributed by atoms with van der Waals surface area (Å²) in [7, 11) is 0. The molecule has 0 aromatic carbocycles. The minimum atomic E-state index is -1.02. The van der Waals surface area contributed by atoms with Crippen molar-refractivity contribution in [1.29, 1.82) is 0 Å². The second kappa shape index (κ2) is 4.07. The molecule has 0 atom stereocenters. The Bertz CT molecular complexity index is 425. The molecular weight excluding hydrogens is 172 g/mol. The maximum atomic E-state index is 10.9. The molecule has 1 heterocycles. The quantitative estimate of drug-likeness (QED) is 0.573. The van der Waals surface area contributed by atoms with Gasteiger partial charge in [0.2, 0.25) is 0 Å². The van der Waals surface area contributed by atoms with Gasteiger partial charge in [0.25, 0.3) is 5.56 Å². The zero-order valence-electron chi connectivity index (χ0n) is 6.57. The van der Waals surface area contributed by atoms with Gasteiger partial charge in [-0.15, -0.1) is 0 Å². The number of nitrogens with zero attached hydrogens (tertiary/aromatic N) is 1. The zero-order chi connectivity index (χ0) is 9.68. The Morgan fingerprint density at radius 3 is 3.08 bits per heavy atom. The van der Waals surface area contributed by atoms with Gasteiger partial charge >= 0.3 is 5.97 Å². The first-order valence-electron chi connectivity index (χ1n) is 3.43. The molecular formula is C8H6N2O3. The normalized spacial score (nSPS) is 8.62. The van der Waals surface area contributed by atoms with E-state index in [1.54, 1.807) is 0 Å². The first-order valence-corrected chi connectivity index (χ1v) is 3.43. The minimum absolute atomic E-state index is 0.170. The summed E-state index contributed by atoms with van der Waals surface area (Å²) in [5.41, 5.74) is -0.198. The van der Waals surface area contributed by atoms with Crippen molar-refractivity contribution < 1.29 is 9.90 Å². The van der Waals surface area contributed by atoms with Crippen molar-refractivity contribution in [3.63, 3.8) is 0 Å². The van der Waals surface area contributed by atoms with E-state index in [0.29, 0.717) is 0 Å². The van der Waals surface area contributed by atoms with Crippen molar-refractivity contribution in [2.24, 2.45) is 0 Å². The van der Waals surface area contributed by atoms with Crippen molar-refractivity contribution in [2.45, 2.75) is 6.42 Å². The number of carbonyl (C=O) groups is 1. The SMILES string of the molecule is O=C(O)CC#Cc1cnc[nH]c1=O. The highest BCUT2D eigenvalue weighted by atomic mass is 16.4. The molecule has 13 heavy (non-hydrogen) atoms. The van der Waals surface area contributed by atoms with E-state index >= 15 is 0 Å². The van der Waals surface area contributed by atoms with E-state index in [0.717, 1.165) is 0 Å². The van der Waals surface area contributed by atoms with Crippen molar-refractivity contribution in [3.8, 4) is 11.8 Å². The van der Waals surface area contributed by atoms with Gasteiger partial charge in [-0.3, -0.25) is 9.59 Å². The van der Waals surface area contributed by atoms with Crippen LogP contribution in [0, 0.1) is 11.8 Å². The molecule has 1 aromatic rings. The van der Waals surface area contributed by atoms with Crippen LogP contribution in [-0.2, 0) is 4.79 Å². The molecule has 0 aliphatic heterocycles. The van der Waals surface area contributed by atoms with E-state index in [2.05, 4.69) is 21.8 Å². The third kappa shape index (κ3) is 2.79. The van der Waals surface area contributed by atoms with Gasteiger partial charge in [-0.05, 0) is 0 Å². The average Bonchev–Trinajstić information content (AvgIpc) is 2.08. The van der Waals surface area contributed by atoms with Gasteiger partial charge in [-0.25, -0.2) is 4.98 Å². The number of rotatable bonds is 1. The molecule has 0 fully saturated rings. The molecule has 0 spiro atoms. The Morgan fingerprint density at radius 2 is 2.46 bits per heavy atom. The van der Waals surface area contributed by atoms with Gasteiger partial charge in [0.1, 0.15) is 12.0 Å². The lowest BCUT2D eigenvalue weighted by molar-refractivity contribution is -0.135. The summed E-state index contributed by atoms with van der Waals surface area (Å²) in [6.07, 6.45) is 2.24. The molecule has 2 N–H and O–H groups in total. The van der Waals surface area contributed by atoms with Crippen LogP contribution in [0.25, 0.3) is 0 Å². The lowest BCUT2D eigenvalue weighted by Crippen LogP contribution is -2.09. The monoisotopic (exact) mass is 178 g/mol. The van der Waals surface area contributed by atoms with Gasteiger partial charge in [0.05, 0.1) is 6.33 Å². The Morgan fingerprint density at radius 1 is 1.69 bits per heavy atom. The van der Waals surface area contributed by atoms with Crippen molar-refractivity contribution in [1.82, 2.24) is 9.97 Å². The number of hydrogen-bond acceptors (Lipinski definition) is 3. The van der Waals surface area contributed by atoms with Crippen LogP contribution in [-0.4, -0.2) is 21.0 Å². The van der Waals surface area contributed by atoms with Crippen LogP contribution in [0.4, 0.5) is 0 Å². The highest BCUT2D eigenvalue weighted by molar-refractivity contribution is 5.70. The molecule has 0 amide bonds. The van der Waals surface area contributed by atoms with E-state index in [1.165, 1.54) is 12.5 Å². The van der Waals surface area contributed by atoms with Crippen molar-refractivity contribution >= 4 is 5.97 Å². The molecule has 66 valence electrons. The number of hydrogen-bond donors (Lipinski definition) is 2. The molecule has 0 unspecified atom stereocenters. The van der Waals surface area contributed by atoms with Crippen LogP contribution in [0.3, 0.4) is 0 Å². The van der Waals surface area contributed by atoms with Crippen molar-refractivity contribution in [3.05, 3.63) is 28.4 Å². The lowest BCUT2D eigenvalue weighted by atomic mass is 10.3. The van der Waals surface area contributed by atoms with Gasteiger partial charge < -0.3 is 10.1 Å². The molecule has 0 radical (unpaired) electrons. The summed E-state index contributed by atoms with van der Waals surface area (Å²) < 4.78 is 0. The van der Waals surface area contributed by atoms with Crippen LogP contribution >= 0.6 is 0 Å². The molecule has 1 rings (SSSR count). The largest absolute Gasteiger partial charge is 0.481 e. The van der Waals surface area contributed by atoms with E-state index < -0.39 is 5.97 Å². The van der Waals surface area contributed by atoms with Gasteiger partial charge in [-0.2, -0.15) is 0 Å². The van der Waals surface area contributed by atoms with Crippen molar-refractivity contribution in [2.75, 3.05) is 0 Å². The second-order valence-electron chi connectivity index (χ2n) is 2.17. The molecule has 0 aliphatic rings. The molecule has 0 saturated heterocycles. The zero-order valence-corrected chi connectivity index (χ0v) is 6.57. The number of carboxylic acid groups (broad SMARTS) is 1. The number of aromatic amines is 1. The van der Waals surface area contributed by atoms with Crippen LogP contribution < -0.4 is 5.56 Å². The summed E-state index contributed by atoms with van der Waals surface area (Å²) in [5, 5.41) is 8.26. The van der Waals surface area contributed by atoms with Gasteiger partial charge in [0.15, 0.2) is 0 Å². The first-order chi connectivity index (χ1) is 6.20. The fourth-order valence-electron chi connectivity index (χ4n) is 0.648. The molecule has 1 aromatic heterocycles. The number of carboxylic acids is 1. The Labute approximate surface area is 73.4 Å². The smallest absolute Gasteiger partial charge is 0.315 e. The fraction of sp³-hybridized carbons (Fsp3) is 0.125. The predicted molar refractivity (Wildman–Crippen MR) is 44.0 cm³/mol. The first kappa shape index (κ1) is 9.00. The minimum Gasteiger partial charge on any atom is -0.481 e. The summed E-state index contributed by atoms with van der Waals surface area (Å²) in [5.74, 6) is 3.72. The maximum Gasteiger partial charge on any atom is 0.315 e. The number of aromatic nitrogens is 2. The van der Waals surface area contributed by atoms with Crippen LogP contribution in [0.5, 0.6) is 0 Å². The van der Waals surface area contributed by atoms with E-state index in [4.69, 9.17) is 5.11 Å². The predicted octanol–water partition coefficient (Wildman–Crippen LogP) is -0.404. The third-order valence-corrected chi connectivity index (χ3v) is 1.18. The lowest BCUT2D eigenvalue weighted by Gasteiger charge is -1.85. The molecule has 0 aliphatic carbocycles. The van der Waals surface area contributed by atoms with Gasteiger partial charge in [-0.1, -0.05) is 11.8 Å². The second-order valence-corrected chi connectivity index (χ2v) is 2.17. The highest BCUT2D eigenvalue weighted by Gasteiger charge is 1.93. The summed E-state index contributed by atoms with van der Waals surface area (Å²) in [6, 6.07) is 0. The van der Waals surface area contributed by atoms with E-state index in [9.17, 15) is 9.59 Å². The Hall–Kier alpha value is -2.09. The molecule has 5 nitrogen and oxygen atoms in total. The Kier molecular flexibility index (Phi) is 2.82. The highest BCUT2D eigenvalue weighted by Crippen LogP contribution is 1.82. The summed E-state index contributed by atoms with van der Waals surface area (Å²) in [6.45, 7) is 0. The van der Waals surface area contributed by atoms with Crippen LogP contribution in [0.15, 0.2) is 17.3 Å².